The van der Waals surface area contributed by atoms with Crippen LogP contribution in [0.1, 0.15) is 17.5 Å². The van der Waals surface area contributed by atoms with Gasteiger partial charge in [0.2, 0.25) is 6.10 Å². The summed E-state index contributed by atoms with van der Waals surface area (Å²) in [6, 6.07) is 12.0. The Morgan fingerprint density at radius 1 is 1.26 bits per heavy atom. The molecule has 2 N–H and O–H groups in total. The van der Waals surface area contributed by atoms with Crippen molar-refractivity contribution in [2.45, 2.75) is 12.5 Å². The van der Waals surface area contributed by atoms with Crippen molar-refractivity contribution in [1.29, 1.82) is 5.26 Å². The van der Waals surface area contributed by atoms with Gasteiger partial charge in [0.05, 0.1) is 11.4 Å². The van der Waals surface area contributed by atoms with Crippen LogP contribution in [0.15, 0.2) is 47.6 Å². The Bertz CT molecular complexity index is 924. The minimum absolute atomic E-state index is 0.0731. The van der Waals surface area contributed by atoms with E-state index in [2.05, 4.69) is 15.8 Å². The zero-order valence-corrected chi connectivity index (χ0v) is 14.2. The number of amides is 1. The van der Waals surface area contributed by atoms with Gasteiger partial charge in [0.1, 0.15) is 23.3 Å². The fourth-order valence-corrected chi connectivity index (χ4v) is 2.64. The molecule has 1 aliphatic rings. The zero-order chi connectivity index (χ0) is 19.2. The van der Waals surface area contributed by atoms with Crippen molar-refractivity contribution in [3.05, 3.63) is 65.2 Å². The van der Waals surface area contributed by atoms with Crippen molar-refractivity contribution < 1.29 is 18.4 Å². The van der Waals surface area contributed by atoms with Gasteiger partial charge >= 0.3 is 0 Å². The summed E-state index contributed by atoms with van der Waals surface area (Å²) in [6.07, 6.45) is -0.544. The summed E-state index contributed by atoms with van der Waals surface area (Å²) >= 11 is 0. The Labute approximate surface area is 154 Å². The number of hydrogen-bond acceptors (Lipinski definition) is 5. The minimum atomic E-state index is -0.785. The van der Waals surface area contributed by atoms with Crippen LogP contribution >= 0.6 is 0 Å². The normalized spacial score (nSPS) is 15.4. The molecule has 1 aliphatic heterocycles. The predicted octanol–water partition coefficient (Wildman–Crippen LogP) is 2.56. The van der Waals surface area contributed by atoms with Crippen molar-refractivity contribution >= 4 is 17.3 Å². The highest BCUT2D eigenvalue weighted by atomic mass is 19.1. The van der Waals surface area contributed by atoms with Crippen LogP contribution < -0.4 is 10.6 Å². The third-order valence-electron chi connectivity index (χ3n) is 3.98. The molecule has 0 saturated heterocycles. The second kappa shape index (κ2) is 8.27. The highest BCUT2D eigenvalue weighted by Gasteiger charge is 2.28. The lowest BCUT2D eigenvalue weighted by Gasteiger charge is -2.11. The lowest BCUT2D eigenvalue weighted by atomic mass is 10.0. The van der Waals surface area contributed by atoms with Crippen LogP contribution in [0.4, 0.5) is 14.5 Å². The lowest BCUT2D eigenvalue weighted by Crippen LogP contribution is -2.37. The van der Waals surface area contributed by atoms with Gasteiger partial charge in [-0.3, -0.25) is 4.79 Å². The van der Waals surface area contributed by atoms with E-state index >= 15 is 0 Å². The minimum Gasteiger partial charge on any atom is -0.382 e. The summed E-state index contributed by atoms with van der Waals surface area (Å²) in [5.41, 5.74) is 1.37. The SMILES string of the molecule is N#Cc1c(F)cccc1NCCNC(=O)[C@H]1CC(c2cccc(F)c2)=NO1. The number of rotatable bonds is 6. The smallest absolute Gasteiger partial charge is 0.264 e. The summed E-state index contributed by atoms with van der Waals surface area (Å²) in [7, 11) is 0. The van der Waals surface area contributed by atoms with E-state index in [-0.39, 0.29) is 30.3 Å². The number of anilines is 1. The molecular weight excluding hydrogens is 354 g/mol. The number of carbonyl (C=O) groups is 1. The fraction of sp³-hybridized carbons (Fsp3) is 0.211. The average Bonchev–Trinajstić information content (AvgIpc) is 3.15. The van der Waals surface area contributed by atoms with Gasteiger partial charge in [0.25, 0.3) is 5.91 Å². The van der Waals surface area contributed by atoms with Gasteiger partial charge in [0, 0.05) is 25.1 Å². The Kier molecular flexibility index (Phi) is 5.61. The van der Waals surface area contributed by atoms with Crippen LogP contribution in [0.2, 0.25) is 0 Å². The molecule has 0 aliphatic carbocycles. The van der Waals surface area contributed by atoms with Crippen molar-refractivity contribution in [2.24, 2.45) is 5.16 Å². The summed E-state index contributed by atoms with van der Waals surface area (Å²) in [6.45, 7) is 0.545. The first kappa shape index (κ1) is 18.3. The number of oxime groups is 1. The quantitative estimate of drug-likeness (QED) is 0.765. The van der Waals surface area contributed by atoms with Crippen LogP contribution in [0.5, 0.6) is 0 Å². The van der Waals surface area contributed by atoms with Gasteiger partial charge in [-0.05, 0) is 24.3 Å². The van der Waals surface area contributed by atoms with E-state index in [0.717, 1.165) is 0 Å². The number of nitrogens with one attached hydrogen (secondary N) is 2. The summed E-state index contributed by atoms with van der Waals surface area (Å²) < 4.78 is 26.8. The standard InChI is InChI=1S/C19H16F2N4O2/c20-13-4-1-3-12(9-13)17-10-18(27-25-17)19(26)24-8-7-23-16-6-2-5-15(21)14(16)11-22/h1-6,9,18,23H,7-8,10H2,(H,24,26)/t18-/m1/s1. The molecule has 0 unspecified atom stereocenters. The fourth-order valence-electron chi connectivity index (χ4n) is 2.64. The highest BCUT2D eigenvalue weighted by Crippen LogP contribution is 2.18. The van der Waals surface area contributed by atoms with Crippen LogP contribution in [0.25, 0.3) is 0 Å². The van der Waals surface area contributed by atoms with Crippen LogP contribution in [-0.2, 0) is 9.63 Å². The molecule has 27 heavy (non-hydrogen) atoms. The van der Waals surface area contributed by atoms with E-state index in [1.54, 1.807) is 24.3 Å². The number of hydrogen-bond donors (Lipinski definition) is 2. The Morgan fingerprint density at radius 3 is 2.85 bits per heavy atom. The lowest BCUT2D eigenvalue weighted by molar-refractivity contribution is -0.131. The molecule has 138 valence electrons. The van der Waals surface area contributed by atoms with Gasteiger partial charge in [-0.2, -0.15) is 5.26 Å². The summed E-state index contributed by atoms with van der Waals surface area (Å²) in [5, 5.41) is 18.4. The molecule has 0 spiro atoms. The van der Waals surface area contributed by atoms with Crippen molar-refractivity contribution in [3.63, 3.8) is 0 Å². The topological polar surface area (TPSA) is 86.5 Å². The zero-order valence-electron chi connectivity index (χ0n) is 14.2. The van der Waals surface area contributed by atoms with Crippen molar-refractivity contribution in [3.8, 4) is 6.07 Å². The van der Waals surface area contributed by atoms with Gasteiger partial charge in [-0.15, -0.1) is 0 Å². The van der Waals surface area contributed by atoms with Crippen LogP contribution in [0, 0.1) is 23.0 Å². The largest absolute Gasteiger partial charge is 0.382 e. The van der Waals surface area contributed by atoms with Crippen LogP contribution in [0.3, 0.4) is 0 Å². The monoisotopic (exact) mass is 370 g/mol. The molecule has 0 aromatic heterocycles. The predicted molar refractivity (Wildman–Crippen MR) is 95.0 cm³/mol. The third-order valence-corrected chi connectivity index (χ3v) is 3.98. The number of nitriles is 1. The second-order valence-electron chi connectivity index (χ2n) is 5.84. The second-order valence-corrected chi connectivity index (χ2v) is 5.84. The molecule has 1 heterocycles. The average molecular weight is 370 g/mol. The van der Waals surface area contributed by atoms with E-state index in [9.17, 15) is 13.6 Å². The molecule has 1 atom stereocenters. The molecule has 0 radical (unpaired) electrons. The first-order valence-corrected chi connectivity index (χ1v) is 8.27. The first-order valence-electron chi connectivity index (χ1n) is 8.27. The Morgan fingerprint density at radius 2 is 2.07 bits per heavy atom. The van der Waals surface area contributed by atoms with Gasteiger partial charge in [-0.25, -0.2) is 8.78 Å². The Balaban J connectivity index is 1.46. The van der Waals surface area contributed by atoms with E-state index in [1.807, 2.05) is 0 Å². The number of benzene rings is 2. The highest BCUT2D eigenvalue weighted by molar-refractivity contribution is 6.04. The van der Waals surface area contributed by atoms with E-state index < -0.39 is 11.9 Å². The van der Waals surface area contributed by atoms with Crippen LogP contribution in [-0.4, -0.2) is 30.8 Å². The number of nitrogens with zero attached hydrogens (tertiary/aromatic N) is 2. The maximum atomic E-state index is 13.5. The summed E-state index contributed by atoms with van der Waals surface area (Å²) in [5.74, 6) is -1.34. The molecule has 8 heteroatoms. The number of halogens is 2. The van der Waals surface area contributed by atoms with E-state index in [4.69, 9.17) is 10.1 Å². The molecule has 3 rings (SSSR count). The molecule has 2 aromatic carbocycles. The first-order chi connectivity index (χ1) is 13.1. The molecule has 1 amide bonds. The van der Waals surface area contributed by atoms with Crippen molar-refractivity contribution in [1.82, 2.24) is 5.32 Å². The summed E-state index contributed by atoms with van der Waals surface area (Å²) in [4.78, 5) is 17.3. The molecule has 6 nitrogen and oxygen atoms in total. The molecule has 2 aromatic rings. The number of carbonyl (C=O) groups excluding carboxylic acids is 1. The van der Waals surface area contributed by atoms with Gasteiger partial charge < -0.3 is 15.5 Å². The third kappa shape index (κ3) is 4.39. The van der Waals surface area contributed by atoms with Gasteiger partial charge in [0.15, 0.2) is 0 Å². The molecule has 0 saturated carbocycles. The van der Waals surface area contributed by atoms with Crippen molar-refractivity contribution in [2.75, 3.05) is 18.4 Å². The van der Waals surface area contributed by atoms with E-state index in [1.165, 1.54) is 24.3 Å². The maximum absolute atomic E-state index is 13.5. The molecular formula is C19H16F2N4O2. The molecule has 0 bridgehead atoms. The van der Waals surface area contributed by atoms with E-state index in [0.29, 0.717) is 23.5 Å². The van der Waals surface area contributed by atoms with Gasteiger partial charge in [-0.1, -0.05) is 23.4 Å². The molecule has 0 fully saturated rings. The Hall–Kier alpha value is -3.47. The maximum Gasteiger partial charge on any atom is 0.264 e.